The first-order valence-electron chi connectivity index (χ1n) is 7.22. The van der Waals surface area contributed by atoms with Crippen LogP contribution in [0.3, 0.4) is 0 Å². The molecular formula is C15H23NO3S. The molecule has 1 aromatic heterocycles. The molecule has 1 aliphatic carbocycles. The second kappa shape index (κ2) is 6.68. The van der Waals surface area contributed by atoms with E-state index >= 15 is 0 Å². The van der Waals surface area contributed by atoms with Gasteiger partial charge in [-0.2, -0.15) is 0 Å². The van der Waals surface area contributed by atoms with Crippen molar-refractivity contribution in [1.29, 1.82) is 0 Å². The van der Waals surface area contributed by atoms with E-state index in [0.717, 1.165) is 31.2 Å². The summed E-state index contributed by atoms with van der Waals surface area (Å²) in [6.45, 7) is 0. The first-order chi connectivity index (χ1) is 9.47. The summed E-state index contributed by atoms with van der Waals surface area (Å²) in [5, 5.41) is 10.0. The minimum Gasteiger partial charge on any atom is -0.393 e. The van der Waals surface area contributed by atoms with Gasteiger partial charge in [0.25, 0.3) is 0 Å². The third kappa shape index (κ3) is 4.28. The van der Waals surface area contributed by atoms with Crippen molar-refractivity contribution in [3.05, 3.63) is 30.1 Å². The van der Waals surface area contributed by atoms with Crippen LogP contribution in [0.2, 0.25) is 0 Å². The molecule has 0 amide bonds. The van der Waals surface area contributed by atoms with Crippen molar-refractivity contribution in [1.82, 2.24) is 4.98 Å². The Hall–Kier alpha value is -0.940. The van der Waals surface area contributed by atoms with Crippen LogP contribution in [0.15, 0.2) is 24.5 Å². The highest BCUT2D eigenvalue weighted by Gasteiger charge is 2.32. The molecule has 4 nitrogen and oxygen atoms in total. The number of aryl methyl sites for hydroxylation is 1. The van der Waals surface area contributed by atoms with Crippen molar-refractivity contribution in [2.75, 3.05) is 6.26 Å². The van der Waals surface area contributed by atoms with E-state index in [2.05, 4.69) is 4.98 Å². The van der Waals surface area contributed by atoms with Gasteiger partial charge < -0.3 is 5.11 Å². The normalized spacial score (nSPS) is 25.3. The Bertz CT molecular complexity index is 515. The van der Waals surface area contributed by atoms with Crippen molar-refractivity contribution >= 4 is 9.84 Å². The summed E-state index contributed by atoms with van der Waals surface area (Å²) in [4.78, 5) is 4.06. The van der Waals surface area contributed by atoms with E-state index < -0.39 is 15.9 Å². The fourth-order valence-corrected chi connectivity index (χ4v) is 4.21. The molecule has 1 saturated carbocycles. The Morgan fingerprint density at radius 2 is 2.25 bits per heavy atom. The maximum absolute atomic E-state index is 11.6. The number of aliphatic hydroxyl groups excluding tert-OH is 1. The van der Waals surface area contributed by atoms with Crippen molar-refractivity contribution in [3.63, 3.8) is 0 Å². The van der Waals surface area contributed by atoms with Gasteiger partial charge in [-0.1, -0.05) is 12.5 Å². The monoisotopic (exact) mass is 297 g/mol. The van der Waals surface area contributed by atoms with Gasteiger partial charge in [-0.15, -0.1) is 0 Å². The molecule has 0 bridgehead atoms. The van der Waals surface area contributed by atoms with E-state index in [9.17, 15) is 13.5 Å². The number of sulfone groups is 1. The van der Waals surface area contributed by atoms with Crippen LogP contribution in [0.5, 0.6) is 0 Å². The summed E-state index contributed by atoms with van der Waals surface area (Å²) in [5.41, 5.74) is 1.11. The molecule has 1 aliphatic rings. The average molecular weight is 297 g/mol. The van der Waals surface area contributed by atoms with Crippen molar-refractivity contribution in [3.8, 4) is 0 Å². The quantitative estimate of drug-likeness (QED) is 0.902. The molecule has 3 atom stereocenters. The van der Waals surface area contributed by atoms with Crippen LogP contribution in [-0.2, 0) is 16.3 Å². The number of aromatic nitrogens is 1. The van der Waals surface area contributed by atoms with Crippen LogP contribution < -0.4 is 0 Å². The number of nitrogens with zero attached hydrogens (tertiary/aromatic N) is 1. The zero-order chi connectivity index (χ0) is 14.6. The van der Waals surface area contributed by atoms with Crippen molar-refractivity contribution in [2.24, 2.45) is 5.92 Å². The molecule has 0 spiro atoms. The molecule has 20 heavy (non-hydrogen) atoms. The topological polar surface area (TPSA) is 67.3 Å². The highest BCUT2D eigenvalue weighted by Crippen LogP contribution is 2.31. The smallest absolute Gasteiger partial charge is 0.150 e. The van der Waals surface area contributed by atoms with Gasteiger partial charge in [0.15, 0.2) is 0 Å². The maximum Gasteiger partial charge on any atom is 0.150 e. The summed E-state index contributed by atoms with van der Waals surface area (Å²) in [6, 6.07) is 3.89. The standard InChI is InChI=1S/C15H23NO3S/c1-20(18,19)14-6-2-5-13(10-14)15(17)8-7-12-4-3-9-16-11-12/h3-4,9,11,13-15,17H,2,5-8,10H2,1H3. The van der Waals surface area contributed by atoms with Crippen LogP contribution in [0, 0.1) is 5.92 Å². The molecule has 0 aliphatic heterocycles. The molecular weight excluding hydrogens is 274 g/mol. The van der Waals surface area contributed by atoms with Crippen LogP contribution in [0.25, 0.3) is 0 Å². The Labute approximate surface area is 121 Å². The second-order valence-corrected chi connectivity index (χ2v) is 8.17. The molecule has 3 unspecified atom stereocenters. The SMILES string of the molecule is CS(=O)(=O)C1CCCC(C(O)CCc2cccnc2)C1. The first kappa shape index (κ1) is 15.4. The number of rotatable bonds is 5. The summed E-state index contributed by atoms with van der Waals surface area (Å²) < 4.78 is 23.3. The average Bonchev–Trinajstić information content (AvgIpc) is 2.45. The fourth-order valence-electron chi connectivity index (χ4n) is 3.02. The van der Waals surface area contributed by atoms with Gasteiger partial charge in [0, 0.05) is 18.6 Å². The van der Waals surface area contributed by atoms with Crippen LogP contribution >= 0.6 is 0 Å². The van der Waals surface area contributed by atoms with Crippen molar-refractivity contribution in [2.45, 2.75) is 49.9 Å². The third-order valence-corrected chi connectivity index (χ3v) is 5.91. The van der Waals surface area contributed by atoms with E-state index in [0.29, 0.717) is 12.8 Å². The molecule has 5 heteroatoms. The number of hydrogen-bond acceptors (Lipinski definition) is 4. The van der Waals surface area contributed by atoms with Gasteiger partial charge in [-0.05, 0) is 49.7 Å². The zero-order valence-corrected chi connectivity index (χ0v) is 12.7. The third-order valence-electron chi connectivity index (χ3n) is 4.27. The van der Waals surface area contributed by atoms with E-state index in [1.54, 1.807) is 6.20 Å². The molecule has 2 rings (SSSR count). The molecule has 1 N–H and O–H groups in total. The van der Waals surface area contributed by atoms with E-state index in [-0.39, 0.29) is 11.2 Å². The lowest BCUT2D eigenvalue weighted by Crippen LogP contribution is -2.33. The lowest BCUT2D eigenvalue weighted by molar-refractivity contribution is 0.0783. The lowest BCUT2D eigenvalue weighted by Gasteiger charge is -2.31. The second-order valence-electron chi connectivity index (χ2n) is 5.85. The zero-order valence-electron chi connectivity index (χ0n) is 11.9. The maximum atomic E-state index is 11.6. The fraction of sp³-hybridized carbons (Fsp3) is 0.667. The first-order valence-corrected chi connectivity index (χ1v) is 9.18. The van der Waals surface area contributed by atoms with Gasteiger partial charge in [-0.3, -0.25) is 4.98 Å². The minimum absolute atomic E-state index is 0.111. The largest absolute Gasteiger partial charge is 0.393 e. The predicted octanol–water partition coefficient (Wildman–Crippen LogP) is 1.98. The number of hydrogen-bond donors (Lipinski definition) is 1. The Kier molecular flexibility index (Phi) is 5.16. The molecule has 0 saturated heterocycles. The number of pyridine rings is 1. The lowest BCUT2D eigenvalue weighted by atomic mass is 9.83. The molecule has 1 aromatic rings. The van der Waals surface area contributed by atoms with E-state index in [1.165, 1.54) is 6.26 Å². The minimum atomic E-state index is -2.98. The van der Waals surface area contributed by atoms with E-state index in [1.807, 2.05) is 18.3 Å². The highest BCUT2D eigenvalue weighted by atomic mass is 32.2. The van der Waals surface area contributed by atoms with Crippen LogP contribution in [0.4, 0.5) is 0 Å². The molecule has 112 valence electrons. The van der Waals surface area contributed by atoms with Gasteiger partial charge in [0.1, 0.15) is 9.84 Å². The van der Waals surface area contributed by atoms with Crippen LogP contribution in [-0.4, -0.2) is 36.1 Å². The summed E-state index contributed by atoms with van der Waals surface area (Å²) in [7, 11) is -2.98. The molecule has 0 radical (unpaired) electrons. The Morgan fingerprint density at radius 3 is 2.90 bits per heavy atom. The summed E-state index contributed by atoms with van der Waals surface area (Å²) in [6.07, 6.45) is 9.07. The van der Waals surface area contributed by atoms with Gasteiger partial charge in [0.2, 0.25) is 0 Å². The molecule has 1 heterocycles. The summed E-state index contributed by atoms with van der Waals surface area (Å²) >= 11 is 0. The molecule has 0 aromatic carbocycles. The van der Waals surface area contributed by atoms with Gasteiger partial charge in [0.05, 0.1) is 11.4 Å². The number of aliphatic hydroxyl groups is 1. The Morgan fingerprint density at radius 1 is 1.45 bits per heavy atom. The van der Waals surface area contributed by atoms with Gasteiger partial charge >= 0.3 is 0 Å². The van der Waals surface area contributed by atoms with E-state index in [4.69, 9.17) is 0 Å². The highest BCUT2D eigenvalue weighted by molar-refractivity contribution is 7.91. The Balaban J connectivity index is 1.87. The summed E-state index contributed by atoms with van der Waals surface area (Å²) in [5.74, 6) is 0.111. The molecule has 1 fully saturated rings. The predicted molar refractivity (Wildman–Crippen MR) is 79.2 cm³/mol. The van der Waals surface area contributed by atoms with Gasteiger partial charge in [-0.25, -0.2) is 8.42 Å². The van der Waals surface area contributed by atoms with Crippen LogP contribution in [0.1, 0.15) is 37.7 Å². The van der Waals surface area contributed by atoms with Crippen molar-refractivity contribution < 1.29 is 13.5 Å².